The van der Waals surface area contributed by atoms with Crippen molar-refractivity contribution in [2.45, 2.75) is 39.3 Å². The van der Waals surface area contributed by atoms with Gasteiger partial charge in [0.2, 0.25) is 5.91 Å². The van der Waals surface area contributed by atoms with E-state index in [9.17, 15) is 4.79 Å². The number of amides is 1. The van der Waals surface area contributed by atoms with Crippen LogP contribution in [-0.4, -0.2) is 30.1 Å². The van der Waals surface area contributed by atoms with Gasteiger partial charge in [0.25, 0.3) is 0 Å². The molecule has 3 heteroatoms. The minimum Gasteiger partial charge on any atom is -0.378 e. The van der Waals surface area contributed by atoms with Gasteiger partial charge in [0.15, 0.2) is 0 Å². The van der Waals surface area contributed by atoms with Gasteiger partial charge in [-0.2, -0.15) is 0 Å². The number of rotatable bonds is 4. The fourth-order valence-electron chi connectivity index (χ4n) is 2.25. The van der Waals surface area contributed by atoms with Gasteiger partial charge in [-0.3, -0.25) is 4.79 Å². The van der Waals surface area contributed by atoms with Crippen molar-refractivity contribution in [1.29, 1.82) is 0 Å². The number of benzene rings is 1. The van der Waals surface area contributed by atoms with Gasteiger partial charge in [0.05, 0.1) is 19.1 Å². The Kier molecular flexibility index (Phi) is 4.37. The van der Waals surface area contributed by atoms with E-state index >= 15 is 0 Å². The van der Waals surface area contributed by atoms with Gasteiger partial charge >= 0.3 is 0 Å². The van der Waals surface area contributed by atoms with Gasteiger partial charge in [0, 0.05) is 13.1 Å². The van der Waals surface area contributed by atoms with Crippen molar-refractivity contribution in [2.24, 2.45) is 0 Å². The SMILES string of the molecule is CC(C)OCCC(=O)N1CCc2ccccc2C1. The van der Waals surface area contributed by atoms with Crippen LogP contribution in [0.2, 0.25) is 0 Å². The highest BCUT2D eigenvalue weighted by molar-refractivity contribution is 5.76. The minimum absolute atomic E-state index is 0.194. The quantitative estimate of drug-likeness (QED) is 0.817. The second kappa shape index (κ2) is 6.01. The largest absolute Gasteiger partial charge is 0.378 e. The zero-order valence-electron chi connectivity index (χ0n) is 11.2. The van der Waals surface area contributed by atoms with Crippen LogP contribution < -0.4 is 0 Å². The Bertz CT molecular complexity index is 415. The number of hydrogen-bond donors (Lipinski definition) is 0. The topological polar surface area (TPSA) is 29.5 Å². The number of carbonyl (C=O) groups is 1. The van der Waals surface area contributed by atoms with Gasteiger partial charge in [-0.05, 0) is 31.4 Å². The van der Waals surface area contributed by atoms with Gasteiger partial charge in [0.1, 0.15) is 0 Å². The first-order valence-corrected chi connectivity index (χ1v) is 6.63. The number of ether oxygens (including phenoxy) is 1. The molecule has 0 N–H and O–H groups in total. The molecule has 0 aromatic heterocycles. The van der Waals surface area contributed by atoms with Crippen LogP contribution in [0.4, 0.5) is 0 Å². The molecule has 0 bridgehead atoms. The molecule has 1 aliphatic rings. The summed E-state index contributed by atoms with van der Waals surface area (Å²) in [7, 11) is 0. The number of fused-ring (bicyclic) bond motifs is 1. The van der Waals surface area contributed by atoms with Crippen LogP contribution in [0.25, 0.3) is 0 Å². The van der Waals surface area contributed by atoms with Crippen LogP contribution >= 0.6 is 0 Å². The molecule has 98 valence electrons. The van der Waals surface area contributed by atoms with Crippen LogP contribution in [0.15, 0.2) is 24.3 Å². The molecule has 0 atom stereocenters. The number of nitrogens with zero attached hydrogens (tertiary/aromatic N) is 1. The molecule has 1 heterocycles. The maximum absolute atomic E-state index is 12.0. The van der Waals surface area contributed by atoms with Crippen molar-refractivity contribution in [1.82, 2.24) is 4.90 Å². The van der Waals surface area contributed by atoms with Crippen LogP contribution in [0.3, 0.4) is 0 Å². The third kappa shape index (κ3) is 3.33. The highest BCUT2D eigenvalue weighted by atomic mass is 16.5. The lowest BCUT2D eigenvalue weighted by atomic mass is 10.00. The summed E-state index contributed by atoms with van der Waals surface area (Å²) < 4.78 is 5.43. The summed E-state index contributed by atoms with van der Waals surface area (Å²) >= 11 is 0. The van der Waals surface area contributed by atoms with E-state index in [0.717, 1.165) is 19.5 Å². The Hall–Kier alpha value is -1.35. The summed E-state index contributed by atoms with van der Waals surface area (Å²) in [5.74, 6) is 0.199. The Morgan fingerprint density at radius 1 is 1.33 bits per heavy atom. The predicted molar refractivity (Wildman–Crippen MR) is 71.3 cm³/mol. The number of hydrogen-bond acceptors (Lipinski definition) is 2. The predicted octanol–water partition coefficient (Wildman–Crippen LogP) is 2.39. The van der Waals surface area contributed by atoms with E-state index in [0.29, 0.717) is 13.0 Å². The minimum atomic E-state index is 0.194. The fourth-order valence-corrected chi connectivity index (χ4v) is 2.25. The second-order valence-electron chi connectivity index (χ2n) is 5.00. The lowest BCUT2D eigenvalue weighted by Crippen LogP contribution is -2.36. The van der Waals surface area contributed by atoms with E-state index in [2.05, 4.69) is 18.2 Å². The molecular formula is C15H21NO2. The smallest absolute Gasteiger partial charge is 0.225 e. The molecule has 1 amide bonds. The summed E-state index contributed by atoms with van der Waals surface area (Å²) in [4.78, 5) is 14.0. The molecule has 3 nitrogen and oxygen atoms in total. The fraction of sp³-hybridized carbons (Fsp3) is 0.533. The van der Waals surface area contributed by atoms with E-state index in [1.165, 1.54) is 11.1 Å². The van der Waals surface area contributed by atoms with Crippen molar-refractivity contribution in [2.75, 3.05) is 13.2 Å². The Balaban J connectivity index is 1.87. The molecule has 0 unspecified atom stereocenters. The summed E-state index contributed by atoms with van der Waals surface area (Å²) in [6, 6.07) is 8.36. The third-order valence-electron chi connectivity index (χ3n) is 3.25. The Morgan fingerprint density at radius 3 is 2.78 bits per heavy atom. The van der Waals surface area contributed by atoms with Crippen LogP contribution in [0.1, 0.15) is 31.4 Å². The van der Waals surface area contributed by atoms with Crippen LogP contribution in [-0.2, 0) is 22.5 Å². The van der Waals surface area contributed by atoms with Crippen molar-refractivity contribution in [3.63, 3.8) is 0 Å². The summed E-state index contributed by atoms with van der Waals surface area (Å²) in [6.45, 7) is 6.08. The van der Waals surface area contributed by atoms with E-state index in [1.807, 2.05) is 24.8 Å². The second-order valence-corrected chi connectivity index (χ2v) is 5.00. The molecule has 1 aliphatic heterocycles. The summed E-state index contributed by atoms with van der Waals surface area (Å²) in [5, 5.41) is 0. The lowest BCUT2D eigenvalue weighted by molar-refractivity contribution is -0.133. The zero-order valence-corrected chi connectivity index (χ0v) is 11.2. The Morgan fingerprint density at radius 2 is 2.06 bits per heavy atom. The monoisotopic (exact) mass is 247 g/mol. The van der Waals surface area contributed by atoms with Crippen molar-refractivity contribution >= 4 is 5.91 Å². The molecular weight excluding hydrogens is 226 g/mol. The maximum atomic E-state index is 12.0. The van der Waals surface area contributed by atoms with Crippen molar-refractivity contribution in [3.05, 3.63) is 35.4 Å². The first-order chi connectivity index (χ1) is 8.66. The van der Waals surface area contributed by atoms with E-state index < -0.39 is 0 Å². The third-order valence-corrected chi connectivity index (χ3v) is 3.25. The molecule has 0 saturated carbocycles. The number of carbonyl (C=O) groups excluding carboxylic acids is 1. The van der Waals surface area contributed by atoms with Gasteiger partial charge < -0.3 is 9.64 Å². The molecule has 0 spiro atoms. The molecule has 18 heavy (non-hydrogen) atoms. The molecule has 0 radical (unpaired) electrons. The lowest BCUT2D eigenvalue weighted by Gasteiger charge is -2.29. The summed E-state index contributed by atoms with van der Waals surface area (Å²) in [6.07, 6.45) is 1.65. The molecule has 0 saturated heterocycles. The first-order valence-electron chi connectivity index (χ1n) is 6.63. The van der Waals surface area contributed by atoms with Crippen LogP contribution in [0.5, 0.6) is 0 Å². The molecule has 1 aromatic carbocycles. The first kappa shape index (κ1) is 13.1. The molecule has 0 aliphatic carbocycles. The maximum Gasteiger partial charge on any atom is 0.225 e. The normalized spacial score (nSPS) is 14.7. The average molecular weight is 247 g/mol. The summed E-state index contributed by atoms with van der Waals surface area (Å²) in [5.41, 5.74) is 2.65. The molecule has 2 rings (SSSR count). The van der Waals surface area contributed by atoms with E-state index in [4.69, 9.17) is 4.74 Å². The van der Waals surface area contributed by atoms with Crippen molar-refractivity contribution < 1.29 is 9.53 Å². The highest BCUT2D eigenvalue weighted by Gasteiger charge is 2.19. The highest BCUT2D eigenvalue weighted by Crippen LogP contribution is 2.18. The van der Waals surface area contributed by atoms with Crippen LogP contribution in [0, 0.1) is 0 Å². The molecule has 1 aromatic rings. The average Bonchev–Trinajstić information content (AvgIpc) is 2.37. The van der Waals surface area contributed by atoms with E-state index in [-0.39, 0.29) is 12.0 Å². The van der Waals surface area contributed by atoms with Gasteiger partial charge in [-0.25, -0.2) is 0 Å². The zero-order chi connectivity index (χ0) is 13.0. The Labute approximate surface area is 109 Å². The standard InChI is InChI=1S/C15H21NO2/c1-12(2)18-10-8-15(17)16-9-7-13-5-3-4-6-14(13)11-16/h3-6,12H,7-11H2,1-2H3. The molecule has 0 fully saturated rings. The van der Waals surface area contributed by atoms with Gasteiger partial charge in [-0.15, -0.1) is 0 Å². The van der Waals surface area contributed by atoms with Crippen molar-refractivity contribution in [3.8, 4) is 0 Å². The van der Waals surface area contributed by atoms with E-state index in [1.54, 1.807) is 0 Å². The van der Waals surface area contributed by atoms with Gasteiger partial charge in [-0.1, -0.05) is 24.3 Å².